The van der Waals surface area contributed by atoms with Gasteiger partial charge in [-0.2, -0.15) is 0 Å². The van der Waals surface area contributed by atoms with Gasteiger partial charge in [0, 0.05) is 50.1 Å². The van der Waals surface area contributed by atoms with Gasteiger partial charge in [-0.15, -0.1) is 0 Å². The molecule has 0 saturated heterocycles. The Kier molecular flexibility index (Phi) is 5.37. The molecule has 0 radical (unpaired) electrons. The van der Waals surface area contributed by atoms with Gasteiger partial charge in [-0.3, -0.25) is 4.90 Å². The molecule has 4 aliphatic rings. The molecular formula is C48H32BN3O. The minimum Gasteiger partial charge on any atom is -0.440 e. The molecule has 2 aromatic heterocycles. The lowest BCUT2D eigenvalue weighted by Gasteiger charge is -2.42. The fourth-order valence-electron chi connectivity index (χ4n) is 9.90. The van der Waals surface area contributed by atoms with E-state index in [0.717, 1.165) is 52.4 Å². The summed E-state index contributed by atoms with van der Waals surface area (Å²) in [5, 5.41) is 3.89. The smallest absolute Gasteiger partial charge is 0.257 e. The van der Waals surface area contributed by atoms with E-state index in [0.29, 0.717) is 0 Å². The Labute approximate surface area is 307 Å². The van der Waals surface area contributed by atoms with Crippen LogP contribution in [0.3, 0.4) is 0 Å². The van der Waals surface area contributed by atoms with Crippen molar-refractivity contribution in [3.05, 3.63) is 168 Å². The van der Waals surface area contributed by atoms with E-state index in [1.807, 2.05) is 0 Å². The maximum Gasteiger partial charge on any atom is 0.257 e. The summed E-state index contributed by atoms with van der Waals surface area (Å²) in [4.78, 5) is 4.89. The van der Waals surface area contributed by atoms with Gasteiger partial charge < -0.3 is 13.9 Å². The molecule has 0 unspecified atom stereocenters. The van der Waals surface area contributed by atoms with Gasteiger partial charge in [0.15, 0.2) is 0 Å². The van der Waals surface area contributed by atoms with E-state index in [-0.39, 0.29) is 6.71 Å². The number of hydrogen-bond donors (Lipinski definition) is 0. The Morgan fingerprint density at radius 3 is 1.64 bits per heavy atom. The third-order valence-electron chi connectivity index (χ3n) is 12.5. The number of aromatic nitrogens is 1. The molecule has 0 N–H and O–H groups in total. The van der Waals surface area contributed by atoms with Crippen LogP contribution < -0.4 is 26.2 Å². The van der Waals surface area contributed by atoms with Crippen LogP contribution in [0.5, 0.6) is 0 Å². The van der Waals surface area contributed by atoms with Gasteiger partial charge >= 0.3 is 0 Å². The van der Waals surface area contributed by atoms with Gasteiger partial charge in [0.2, 0.25) is 5.88 Å². The molecule has 13 rings (SSSR count). The number of hydrogen-bond acceptors (Lipinski definition) is 3. The van der Waals surface area contributed by atoms with Crippen LogP contribution in [-0.4, -0.2) is 11.3 Å². The maximum absolute atomic E-state index is 6.99. The zero-order valence-electron chi connectivity index (χ0n) is 29.0. The van der Waals surface area contributed by atoms with Crippen molar-refractivity contribution in [1.29, 1.82) is 0 Å². The minimum absolute atomic E-state index is 0.0125. The van der Waals surface area contributed by atoms with E-state index in [4.69, 9.17) is 4.42 Å². The molecule has 53 heavy (non-hydrogen) atoms. The van der Waals surface area contributed by atoms with E-state index in [9.17, 15) is 0 Å². The highest BCUT2D eigenvalue weighted by atomic mass is 16.4. The lowest BCUT2D eigenvalue weighted by atomic mass is 9.33. The van der Waals surface area contributed by atoms with Gasteiger partial charge in [0.1, 0.15) is 5.58 Å². The number of nitrogens with zero attached hydrogens (tertiary/aromatic N) is 3. The average molecular weight is 678 g/mol. The highest BCUT2D eigenvalue weighted by molar-refractivity contribution is 7.01. The lowest BCUT2D eigenvalue weighted by Crippen LogP contribution is -2.61. The number of anilines is 6. The van der Waals surface area contributed by atoms with E-state index in [1.54, 1.807) is 0 Å². The summed E-state index contributed by atoms with van der Waals surface area (Å²) in [6, 6.07) is 54.1. The summed E-state index contributed by atoms with van der Waals surface area (Å²) in [6.07, 6.45) is 4.64. The van der Waals surface area contributed by atoms with Crippen LogP contribution in [0.4, 0.5) is 34.3 Å². The quantitative estimate of drug-likeness (QED) is 0.174. The van der Waals surface area contributed by atoms with E-state index >= 15 is 0 Å². The van der Waals surface area contributed by atoms with Crippen molar-refractivity contribution in [2.45, 2.75) is 25.7 Å². The fourth-order valence-corrected chi connectivity index (χ4v) is 9.90. The van der Waals surface area contributed by atoms with Crippen LogP contribution in [0.2, 0.25) is 0 Å². The molecular weight excluding hydrogens is 645 g/mol. The van der Waals surface area contributed by atoms with Crippen molar-refractivity contribution in [3.63, 3.8) is 0 Å². The molecule has 2 aliphatic carbocycles. The molecule has 4 heterocycles. The van der Waals surface area contributed by atoms with Gasteiger partial charge in [-0.1, -0.05) is 72.8 Å². The van der Waals surface area contributed by atoms with Crippen LogP contribution in [-0.2, 0) is 25.7 Å². The summed E-state index contributed by atoms with van der Waals surface area (Å²) < 4.78 is 9.55. The van der Waals surface area contributed by atoms with E-state index in [1.165, 1.54) is 84.7 Å². The molecule has 0 spiro atoms. The lowest BCUT2D eigenvalue weighted by molar-refractivity contribution is 0.623. The molecule has 2 aliphatic heterocycles. The number of aryl methyl sites for hydroxylation is 4. The third kappa shape index (κ3) is 3.66. The Balaban J connectivity index is 1.20. The zero-order valence-corrected chi connectivity index (χ0v) is 29.0. The Morgan fingerprint density at radius 1 is 0.434 bits per heavy atom. The third-order valence-corrected chi connectivity index (χ3v) is 12.5. The first kappa shape index (κ1) is 28.2. The SMILES string of the molecule is c1ccc(N2c3ccccc3B3c4c2cc(-n2c5cc6c(cc5c5cc7c(cc52)CC7)CC6)cc4N(c2ccccc2)c2oc4ccccc4c23)cc1. The maximum atomic E-state index is 6.99. The molecule has 9 aromatic rings. The largest absolute Gasteiger partial charge is 0.440 e. The van der Waals surface area contributed by atoms with Gasteiger partial charge in [0.25, 0.3) is 6.71 Å². The molecule has 5 heteroatoms. The Morgan fingerprint density at radius 2 is 0.981 bits per heavy atom. The number of benzene rings is 7. The molecule has 0 fully saturated rings. The second kappa shape index (κ2) is 10.1. The normalized spacial score (nSPS) is 14.8. The van der Waals surface area contributed by atoms with Crippen molar-refractivity contribution in [3.8, 4) is 5.69 Å². The second-order valence-corrected chi connectivity index (χ2v) is 15.2. The number of furan rings is 1. The zero-order chi connectivity index (χ0) is 34.4. The molecule has 0 bridgehead atoms. The molecule has 248 valence electrons. The monoisotopic (exact) mass is 677 g/mol. The first-order chi connectivity index (χ1) is 26.3. The van der Waals surface area contributed by atoms with Crippen LogP contribution in [0.25, 0.3) is 38.5 Å². The first-order valence-electron chi connectivity index (χ1n) is 18.9. The van der Waals surface area contributed by atoms with Crippen LogP contribution in [0.1, 0.15) is 22.3 Å². The predicted octanol–water partition coefficient (Wildman–Crippen LogP) is 9.81. The van der Waals surface area contributed by atoms with Crippen LogP contribution >= 0.6 is 0 Å². The number of para-hydroxylation sites is 4. The fraction of sp³-hybridized carbons (Fsp3) is 0.0833. The first-order valence-corrected chi connectivity index (χ1v) is 18.9. The molecule has 4 nitrogen and oxygen atoms in total. The highest BCUT2D eigenvalue weighted by Crippen LogP contribution is 2.48. The van der Waals surface area contributed by atoms with Crippen molar-refractivity contribution < 1.29 is 4.42 Å². The van der Waals surface area contributed by atoms with E-state index in [2.05, 4.69) is 160 Å². The Bertz CT molecular complexity index is 2960. The summed E-state index contributed by atoms with van der Waals surface area (Å²) in [7, 11) is 0. The average Bonchev–Trinajstić information content (AvgIpc) is 3.71. The topological polar surface area (TPSA) is 24.6 Å². The van der Waals surface area contributed by atoms with Crippen LogP contribution in [0, 0.1) is 0 Å². The minimum atomic E-state index is -0.0125. The van der Waals surface area contributed by atoms with E-state index < -0.39 is 0 Å². The van der Waals surface area contributed by atoms with Gasteiger partial charge in [-0.25, -0.2) is 0 Å². The van der Waals surface area contributed by atoms with Crippen molar-refractivity contribution in [2.75, 3.05) is 9.80 Å². The second-order valence-electron chi connectivity index (χ2n) is 15.2. The predicted molar refractivity (Wildman–Crippen MR) is 219 cm³/mol. The summed E-state index contributed by atoms with van der Waals surface area (Å²) in [5.41, 5.74) is 20.2. The molecule has 7 aromatic carbocycles. The van der Waals surface area contributed by atoms with Crippen molar-refractivity contribution in [1.82, 2.24) is 4.57 Å². The van der Waals surface area contributed by atoms with Crippen molar-refractivity contribution in [2.24, 2.45) is 0 Å². The van der Waals surface area contributed by atoms with Gasteiger partial charge in [0.05, 0.1) is 16.7 Å². The van der Waals surface area contributed by atoms with Crippen molar-refractivity contribution >= 4 is 90.2 Å². The van der Waals surface area contributed by atoms with Crippen LogP contribution in [0.15, 0.2) is 150 Å². The standard InChI is InChI=1S/C48H32BN3O/c1-3-11-33(12-4-1)50-40-17-9-8-16-39(40)49-46-36-15-7-10-18-45(36)53-48(46)52(34-13-5-2-6-14-34)44-28-35(27-43(50)47(44)49)51-41-25-31-21-19-29(31)23-37(41)38-24-30-20-22-32(30)26-42(38)51/h1-18,23-28H,19-22H2. The summed E-state index contributed by atoms with van der Waals surface area (Å²) >= 11 is 0. The number of rotatable bonds is 3. The molecule has 0 atom stereocenters. The number of fused-ring (bicyclic) bond motifs is 11. The Hall–Kier alpha value is -6.46. The summed E-state index contributed by atoms with van der Waals surface area (Å²) in [5.74, 6) is 0.894. The highest BCUT2D eigenvalue weighted by Gasteiger charge is 2.46. The van der Waals surface area contributed by atoms with Gasteiger partial charge in [-0.05, 0) is 132 Å². The summed E-state index contributed by atoms with van der Waals surface area (Å²) in [6.45, 7) is -0.0125. The molecule has 0 saturated carbocycles. The molecule has 0 amide bonds.